The minimum absolute atomic E-state index is 0.894. The molecule has 0 radical (unpaired) electrons. The van der Waals surface area contributed by atoms with E-state index in [4.69, 9.17) is 5.73 Å². The van der Waals surface area contributed by atoms with Crippen molar-refractivity contribution in [1.29, 1.82) is 0 Å². The Morgan fingerprint density at radius 2 is 1.80 bits per heavy atom. The van der Waals surface area contributed by atoms with Gasteiger partial charge in [0.1, 0.15) is 4.83 Å². The van der Waals surface area contributed by atoms with Crippen molar-refractivity contribution in [3.63, 3.8) is 0 Å². The summed E-state index contributed by atoms with van der Waals surface area (Å²) in [6.07, 6.45) is 0. The van der Waals surface area contributed by atoms with Crippen molar-refractivity contribution in [2.24, 2.45) is 0 Å². The molecule has 2 rings (SSSR count). The number of nitrogen functional groups attached to an aromatic ring is 1. The molecule has 0 aromatic carbocycles. The molecule has 0 spiro atoms. The molecule has 2 aromatic rings. The first kappa shape index (κ1) is 12.0. The molecule has 82 valence electrons. The average molecular weight is 222 g/mol. The standard InChI is InChI=1S/C10H12N2S.C2H6/c1-5-4-6(2)12-10-8(5)9(11)7(3)13-10;1-2/h4H,11H2,1-3H3;1-2H3. The van der Waals surface area contributed by atoms with Gasteiger partial charge < -0.3 is 5.73 Å². The molecule has 2 heterocycles. The number of aryl methyl sites for hydroxylation is 3. The van der Waals surface area contributed by atoms with E-state index in [1.807, 2.05) is 27.7 Å². The van der Waals surface area contributed by atoms with Gasteiger partial charge in [0.25, 0.3) is 0 Å². The fourth-order valence-corrected chi connectivity index (χ4v) is 2.64. The summed E-state index contributed by atoms with van der Waals surface area (Å²) in [5.74, 6) is 0. The van der Waals surface area contributed by atoms with Gasteiger partial charge in [0.2, 0.25) is 0 Å². The summed E-state index contributed by atoms with van der Waals surface area (Å²) in [7, 11) is 0. The van der Waals surface area contributed by atoms with Crippen LogP contribution in [0.3, 0.4) is 0 Å². The lowest BCUT2D eigenvalue weighted by atomic mass is 10.1. The van der Waals surface area contributed by atoms with E-state index in [0.717, 1.165) is 26.5 Å². The van der Waals surface area contributed by atoms with Crippen molar-refractivity contribution in [3.8, 4) is 0 Å². The Morgan fingerprint density at radius 3 is 2.40 bits per heavy atom. The zero-order valence-corrected chi connectivity index (χ0v) is 10.8. The second-order valence-corrected chi connectivity index (χ2v) is 4.54. The van der Waals surface area contributed by atoms with Crippen LogP contribution in [0.1, 0.15) is 30.0 Å². The Balaban J connectivity index is 0.000000531. The van der Waals surface area contributed by atoms with E-state index in [2.05, 4.69) is 18.0 Å². The molecule has 2 aromatic heterocycles. The topological polar surface area (TPSA) is 38.9 Å². The number of nitrogens with zero attached hydrogens (tertiary/aromatic N) is 1. The smallest absolute Gasteiger partial charge is 0.126 e. The summed E-state index contributed by atoms with van der Waals surface area (Å²) in [5, 5.41) is 1.13. The lowest BCUT2D eigenvalue weighted by Crippen LogP contribution is -1.88. The second-order valence-electron chi connectivity index (χ2n) is 3.33. The monoisotopic (exact) mass is 222 g/mol. The van der Waals surface area contributed by atoms with Crippen molar-refractivity contribution in [1.82, 2.24) is 4.98 Å². The largest absolute Gasteiger partial charge is 0.397 e. The van der Waals surface area contributed by atoms with Crippen LogP contribution in [0.5, 0.6) is 0 Å². The first-order chi connectivity index (χ1) is 7.09. The highest BCUT2D eigenvalue weighted by atomic mass is 32.1. The number of pyridine rings is 1. The lowest BCUT2D eigenvalue weighted by Gasteiger charge is -1.99. The normalized spacial score (nSPS) is 9.93. The highest BCUT2D eigenvalue weighted by Crippen LogP contribution is 2.33. The number of rotatable bonds is 0. The van der Waals surface area contributed by atoms with E-state index in [1.165, 1.54) is 5.56 Å². The molecule has 2 nitrogen and oxygen atoms in total. The number of anilines is 1. The van der Waals surface area contributed by atoms with Crippen LogP contribution in [0, 0.1) is 20.8 Å². The third-order valence-electron chi connectivity index (χ3n) is 2.21. The van der Waals surface area contributed by atoms with Crippen LogP contribution in [0.15, 0.2) is 6.07 Å². The predicted octanol–water partition coefficient (Wildman–Crippen LogP) is 3.83. The molecule has 0 aliphatic rings. The molecule has 0 saturated heterocycles. The van der Waals surface area contributed by atoms with Gasteiger partial charge in [0.15, 0.2) is 0 Å². The van der Waals surface area contributed by atoms with Gasteiger partial charge in [-0.25, -0.2) is 4.98 Å². The van der Waals surface area contributed by atoms with E-state index in [0.29, 0.717) is 0 Å². The maximum absolute atomic E-state index is 5.96. The van der Waals surface area contributed by atoms with Crippen LogP contribution in [-0.2, 0) is 0 Å². The minimum atomic E-state index is 0.894. The maximum atomic E-state index is 5.96. The Kier molecular flexibility index (Phi) is 3.69. The summed E-state index contributed by atoms with van der Waals surface area (Å²) < 4.78 is 0. The lowest BCUT2D eigenvalue weighted by molar-refractivity contribution is 1.25. The maximum Gasteiger partial charge on any atom is 0.126 e. The predicted molar refractivity (Wildman–Crippen MR) is 69.6 cm³/mol. The summed E-state index contributed by atoms with van der Waals surface area (Å²) in [6, 6.07) is 2.07. The molecule has 15 heavy (non-hydrogen) atoms. The van der Waals surface area contributed by atoms with Crippen molar-refractivity contribution in [2.75, 3.05) is 5.73 Å². The second kappa shape index (κ2) is 4.62. The summed E-state index contributed by atoms with van der Waals surface area (Å²) in [6.45, 7) is 10.1. The van der Waals surface area contributed by atoms with Gasteiger partial charge >= 0.3 is 0 Å². The first-order valence-electron chi connectivity index (χ1n) is 5.22. The third-order valence-corrected chi connectivity index (χ3v) is 3.22. The molecular weight excluding hydrogens is 204 g/mol. The van der Waals surface area contributed by atoms with Crippen molar-refractivity contribution < 1.29 is 0 Å². The highest BCUT2D eigenvalue weighted by molar-refractivity contribution is 7.19. The van der Waals surface area contributed by atoms with E-state index in [1.54, 1.807) is 11.3 Å². The molecule has 0 saturated carbocycles. The average Bonchev–Trinajstić information content (AvgIpc) is 2.45. The molecule has 0 atom stereocenters. The fraction of sp³-hybridized carbons (Fsp3) is 0.417. The Hall–Kier alpha value is -1.09. The molecule has 0 bridgehead atoms. The van der Waals surface area contributed by atoms with Crippen molar-refractivity contribution >= 4 is 27.2 Å². The molecule has 2 N–H and O–H groups in total. The molecular formula is C12H18N2S. The first-order valence-corrected chi connectivity index (χ1v) is 6.04. The number of fused-ring (bicyclic) bond motifs is 1. The van der Waals surface area contributed by atoms with E-state index in [9.17, 15) is 0 Å². The molecule has 0 unspecified atom stereocenters. The SMILES string of the molecule is CC.Cc1cc(C)c2c(N)c(C)sc2n1. The summed E-state index contributed by atoms with van der Waals surface area (Å²) in [5.41, 5.74) is 9.14. The minimum Gasteiger partial charge on any atom is -0.397 e. The van der Waals surface area contributed by atoms with Crippen molar-refractivity contribution in [2.45, 2.75) is 34.6 Å². The number of thiophene rings is 1. The molecule has 0 fully saturated rings. The Morgan fingerprint density at radius 1 is 1.20 bits per heavy atom. The number of hydrogen-bond donors (Lipinski definition) is 1. The van der Waals surface area contributed by atoms with Gasteiger partial charge in [-0.05, 0) is 32.4 Å². The zero-order valence-electron chi connectivity index (χ0n) is 10.0. The van der Waals surface area contributed by atoms with Gasteiger partial charge in [-0.2, -0.15) is 0 Å². The fourth-order valence-electron chi connectivity index (χ4n) is 1.58. The highest BCUT2D eigenvalue weighted by Gasteiger charge is 2.09. The van der Waals surface area contributed by atoms with Gasteiger partial charge in [-0.3, -0.25) is 0 Å². The van der Waals surface area contributed by atoms with Gasteiger partial charge in [-0.1, -0.05) is 13.8 Å². The molecule has 0 amide bonds. The number of aromatic nitrogens is 1. The molecule has 0 aliphatic carbocycles. The van der Waals surface area contributed by atoms with Crippen LogP contribution in [0.2, 0.25) is 0 Å². The van der Waals surface area contributed by atoms with Crippen molar-refractivity contribution in [3.05, 3.63) is 22.2 Å². The quantitative estimate of drug-likeness (QED) is 0.735. The van der Waals surface area contributed by atoms with Gasteiger partial charge in [0, 0.05) is 16.0 Å². The van der Waals surface area contributed by atoms with Gasteiger partial charge in [-0.15, -0.1) is 11.3 Å². The third kappa shape index (κ3) is 2.12. The zero-order chi connectivity index (χ0) is 11.6. The van der Waals surface area contributed by atoms with Gasteiger partial charge in [0.05, 0.1) is 5.69 Å². The van der Waals surface area contributed by atoms with Crippen LogP contribution >= 0.6 is 11.3 Å². The van der Waals surface area contributed by atoms with Crippen LogP contribution in [0.4, 0.5) is 5.69 Å². The van der Waals surface area contributed by atoms with Crippen LogP contribution in [0.25, 0.3) is 10.2 Å². The summed E-state index contributed by atoms with van der Waals surface area (Å²) >= 11 is 1.67. The van der Waals surface area contributed by atoms with E-state index < -0.39 is 0 Å². The number of nitrogens with two attached hydrogens (primary N) is 1. The van der Waals surface area contributed by atoms with E-state index in [-0.39, 0.29) is 0 Å². The Labute approximate surface area is 95.1 Å². The summed E-state index contributed by atoms with van der Waals surface area (Å²) in [4.78, 5) is 6.68. The molecule has 0 aliphatic heterocycles. The number of hydrogen-bond acceptors (Lipinski definition) is 3. The van der Waals surface area contributed by atoms with Crippen LogP contribution in [-0.4, -0.2) is 4.98 Å². The Bertz CT molecular complexity index is 472. The van der Waals surface area contributed by atoms with Crippen LogP contribution < -0.4 is 5.73 Å². The van der Waals surface area contributed by atoms with E-state index >= 15 is 0 Å². The molecule has 3 heteroatoms.